The molecule has 0 rings (SSSR count). The maximum absolute atomic E-state index is 0. The Labute approximate surface area is 111 Å². The van der Waals surface area contributed by atoms with Gasteiger partial charge in [0.05, 0.1) is 0 Å². The average molecular weight is 261 g/mol. The summed E-state index contributed by atoms with van der Waals surface area (Å²) in [4.78, 5) is 0. The zero-order valence-electron chi connectivity index (χ0n) is 2.27. The molecular formula is BaCaFeSi. The number of hydrogen-bond donors (Lipinski definition) is 0. The van der Waals surface area contributed by atoms with Crippen LogP contribution in [0.15, 0.2) is 0 Å². The first-order valence-electron chi connectivity index (χ1n) is 0. The Kier molecular flexibility index (Phi) is 103. The van der Waals surface area contributed by atoms with Gasteiger partial charge in [-0.05, 0) is 0 Å². The quantitative estimate of drug-likeness (QED) is 0.483. The van der Waals surface area contributed by atoms with Crippen LogP contribution in [-0.2, 0) is 17.1 Å². The van der Waals surface area contributed by atoms with E-state index in [4.69, 9.17) is 0 Å². The molecule has 0 spiro atoms. The molecule has 0 aromatic carbocycles. The Balaban J connectivity index is 0. The summed E-state index contributed by atoms with van der Waals surface area (Å²) in [6, 6.07) is 0. The molecule has 0 amide bonds. The molecule has 0 aliphatic carbocycles. The fourth-order valence-corrected chi connectivity index (χ4v) is 0. The van der Waals surface area contributed by atoms with Crippen molar-refractivity contribution in [1.29, 1.82) is 0 Å². The van der Waals surface area contributed by atoms with Gasteiger partial charge < -0.3 is 0 Å². The summed E-state index contributed by atoms with van der Waals surface area (Å²) < 4.78 is 0. The molecule has 0 unspecified atom stereocenters. The second kappa shape index (κ2) is 16.0. The van der Waals surface area contributed by atoms with Crippen molar-refractivity contribution in [3.63, 3.8) is 0 Å². The first-order valence-corrected chi connectivity index (χ1v) is 0. The third kappa shape index (κ3) is 9.13. The van der Waals surface area contributed by atoms with Crippen molar-refractivity contribution in [1.82, 2.24) is 0 Å². The van der Waals surface area contributed by atoms with Gasteiger partial charge in [-0.15, -0.1) is 0 Å². The Morgan fingerprint density at radius 3 is 1.00 bits per heavy atom. The molecule has 0 aliphatic rings. The van der Waals surface area contributed by atoms with Crippen molar-refractivity contribution < 1.29 is 17.1 Å². The Hall–Kier alpha value is 3.57. The van der Waals surface area contributed by atoms with E-state index in [1.165, 1.54) is 0 Å². The third-order valence-corrected chi connectivity index (χ3v) is 0. The Morgan fingerprint density at radius 1 is 1.00 bits per heavy atom. The fourth-order valence-electron chi connectivity index (χ4n) is 0. The van der Waals surface area contributed by atoms with Crippen LogP contribution in [0.4, 0.5) is 0 Å². The summed E-state index contributed by atoms with van der Waals surface area (Å²) >= 11 is 0. The van der Waals surface area contributed by atoms with Gasteiger partial charge in [0.1, 0.15) is 0 Å². The zero-order chi connectivity index (χ0) is 0. The monoisotopic (exact) mass is 262 g/mol. The van der Waals surface area contributed by atoms with Gasteiger partial charge in [-0.1, -0.05) is 0 Å². The molecule has 16 valence electrons. The summed E-state index contributed by atoms with van der Waals surface area (Å²) in [7, 11) is 0. The van der Waals surface area contributed by atoms with E-state index in [1.54, 1.807) is 0 Å². The average Bonchev–Trinajstić information content (AvgIpc) is 0. The Morgan fingerprint density at radius 2 is 1.00 bits per heavy atom. The minimum atomic E-state index is 0. The molecule has 0 fully saturated rings. The molecule has 0 aromatic heterocycles. The van der Waals surface area contributed by atoms with Crippen molar-refractivity contribution in [2.45, 2.75) is 0 Å². The smallest absolute Gasteiger partial charge is 0 e. The topological polar surface area (TPSA) is 0 Å². The van der Waals surface area contributed by atoms with Crippen LogP contribution in [0.25, 0.3) is 0 Å². The van der Waals surface area contributed by atoms with E-state index in [2.05, 4.69) is 0 Å². The van der Waals surface area contributed by atoms with Crippen LogP contribution in [0.5, 0.6) is 0 Å². The van der Waals surface area contributed by atoms with Gasteiger partial charge in [0.25, 0.3) is 0 Å². The van der Waals surface area contributed by atoms with Gasteiger partial charge in [0.2, 0.25) is 0 Å². The van der Waals surface area contributed by atoms with E-state index in [0.717, 1.165) is 0 Å². The van der Waals surface area contributed by atoms with Crippen LogP contribution in [-0.4, -0.2) is 97.6 Å². The molecule has 4 heavy (non-hydrogen) atoms. The first kappa shape index (κ1) is 25.6. The molecule has 0 heterocycles. The molecule has 0 aliphatic heterocycles. The minimum absolute atomic E-state index is 0. The van der Waals surface area contributed by atoms with Crippen LogP contribution in [0.1, 0.15) is 0 Å². The molecule has 0 bridgehead atoms. The Bertz CT molecular complexity index is 8.00. The largest absolute Gasteiger partial charge is 0 e. The van der Waals surface area contributed by atoms with Crippen LogP contribution in [0.3, 0.4) is 0 Å². The van der Waals surface area contributed by atoms with Crippen molar-refractivity contribution in [3.8, 4) is 0 Å². The van der Waals surface area contributed by atoms with E-state index in [9.17, 15) is 0 Å². The first-order chi connectivity index (χ1) is 0. The predicted octanol–water partition coefficient (Wildman–Crippen LogP) is -1.14. The van der Waals surface area contributed by atoms with Gasteiger partial charge in [-0.2, -0.15) is 0 Å². The van der Waals surface area contributed by atoms with Gasteiger partial charge in [-0.25, -0.2) is 0 Å². The molecule has 0 nitrogen and oxygen atoms in total. The molecule has 8 radical (unpaired) electrons. The van der Waals surface area contributed by atoms with E-state index in [-0.39, 0.29) is 115 Å². The van der Waals surface area contributed by atoms with Crippen LogP contribution >= 0.6 is 0 Å². The molecule has 0 atom stereocenters. The molecule has 0 N–H and O–H groups in total. The van der Waals surface area contributed by atoms with Crippen molar-refractivity contribution in [2.75, 3.05) is 0 Å². The van der Waals surface area contributed by atoms with Gasteiger partial charge in [-0.3, -0.25) is 0 Å². The summed E-state index contributed by atoms with van der Waals surface area (Å²) in [5.41, 5.74) is 0. The summed E-state index contributed by atoms with van der Waals surface area (Å²) in [5, 5.41) is 0. The maximum atomic E-state index is 0. The van der Waals surface area contributed by atoms with Crippen molar-refractivity contribution >= 4 is 97.6 Å². The van der Waals surface area contributed by atoms with E-state index < -0.39 is 0 Å². The van der Waals surface area contributed by atoms with Crippen molar-refractivity contribution in [2.24, 2.45) is 0 Å². The molecular weight excluding hydrogens is 261 g/mol. The number of hydrogen-bond acceptors (Lipinski definition) is 0. The molecule has 0 saturated carbocycles. The second-order valence-electron chi connectivity index (χ2n) is 0. The van der Waals surface area contributed by atoms with E-state index in [1.807, 2.05) is 0 Å². The SMILES string of the molecule is [Ba].[Ca].[Fe].[Si]. The number of rotatable bonds is 0. The van der Waals surface area contributed by atoms with Crippen LogP contribution in [0, 0.1) is 0 Å². The summed E-state index contributed by atoms with van der Waals surface area (Å²) in [6.07, 6.45) is 0. The molecule has 4 heteroatoms. The molecule has 0 aromatic rings. The summed E-state index contributed by atoms with van der Waals surface area (Å²) in [5.74, 6) is 0. The van der Waals surface area contributed by atoms with Gasteiger partial charge in [0.15, 0.2) is 0 Å². The van der Waals surface area contributed by atoms with Gasteiger partial charge >= 0.3 is 0 Å². The van der Waals surface area contributed by atoms with Crippen LogP contribution < -0.4 is 0 Å². The second-order valence-corrected chi connectivity index (χ2v) is 0. The molecule has 0 saturated heterocycles. The normalized spacial score (nSPS) is 0. The zero-order valence-corrected chi connectivity index (χ0v) is 11.0. The standard InChI is InChI=1S/Ba.Ca.Fe.Si. The fraction of sp³-hybridized carbons (Fsp3) is 0. The minimum Gasteiger partial charge on any atom is 0 e. The van der Waals surface area contributed by atoms with Crippen LogP contribution in [0.2, 0.25) is 0 Å². The van der Waals surface area contributed by atoms with E-state index in [0.29, 0.717) is 0 Å². The maximum Gasteiger partial charge on any atom is 0 e. The predicted molar refractivity (Wildman–Crippen MR) is 17.3 cm³/mol. The third-order valence-electron chi connectivity index (χ3n) is 0. The van der Waals surface area contributed by atoms with Crippen molar-refractivity contribution in [3.05, 3.63) is 0 Å². The summed E-state index contributed by atoms with van der Waals surface area (Å²) in [6.45, 7) is 0. The van der Waals surface area contributed by atoms with E-state index >= 15 is 0 Å². The van der Waals surface area contributed by atoms with Gasteiger partial charge in [0, 0.05) is 115 Å².